The van der Waals surface area contributed by atoms with Crippen LogP contribution in [0.2, 0.25) is 5.15 Å². The summed E-state index contributed by atoms with van der Waals surface area (Å²) in [7, 11) is 0. The smallest absolute Gasteiger partial charge is 0.410 e. The second-order valence-electron chi connectivity index (χ2n) is 6.35. The summed E-state index contributed by atoms with van der Waals surface area (Å²) < 4.78 is 11.2. The molecule has 1 amide bonds. The van der Waals surface area contributed by atoms with Crippen LogP contribution in [-0.2, 0) is 16.1 Å². The van der Waals surface area contributed by atoms with Crippen LogP contribution in [0.1, 0.15) is 39.3 Å². The number of aromatic nitrogens is 2. The van der Waals surface area contributed by atoms with Crippen molar-refractivity contribution in [3.8, 4) is 0 Å². The Morgan fingerprint density at radius 1 is 1.41 bits per heavy atom. The standard InChI is InChI=1S/C15H22ClN3O3/c1-15(2,3)22-14(20)19-8-4-5-12(9-19)21-10-11-6-7-13(16)18-17-11/h6-7,12H,4-5,8-10H2,1-3H3/t12-/m0/s1. The van der Waals surface area contributed by atoms with Crippen LogP contribution in [0.15, 0.2) is 12.1 Å². The first-order valence-corrected chi connectivity index (χ1v) is 7.79. The number of hydrogen-bond donors (Lipinski definition) is 0. The monoisotopic (exact) mass is 327 g/mol. The predicted octanol–water partition coefficient (Wildman–Crippen LogP) is 3.05. The van der Waals surface area contributed by atoms with Crippen LogP contribution in [-0.4, -0.2) is 46.0 Å². The Bertz CT molecular complexity index is 502. The quantitative estimate of drug-likeness (QED) is 0.853. The molecular formula is C15H22ClN3O3. The maximum absolute atomic E-state index is 12.1. The number of piperidine rings is 1. The maximum Gasteiger partial charge on any atom is 0.410 e. The zero-order valence-corrected chi connectivity index (χ0v) is 14.0. The number of likely N-dealkylation sites (tertiary alicyclic amines) is 1. The van der Waals surface area contributed by atoms with Gasteiger partial charge in [0, 0.05) is 6.54 Å². The van der Waals surface area contributed by atoms with Crippen LogP contribution in [0.25, 0.3) is 0 Å². The van der Waals surface area contributed by atoms with Crippen LogP contribution >= 0.6 is 11.6 Å². The maximum atomic E-state index is 12.1. The third kappa shape index (κ3) is 5.42. The lowest BCUT2D eigenvalue weighted by Gasteiger charge is -2.33. The molecule has 1 aromatic rings. The van der Waals surface area contributed by atoms with Gasteiger partial charge in [-0.05, 0) is 45.7 Å². The fourth-order valence-electron chi connectivity index (χ4n) is 2.19. The van der Waals surface area contributed by atoms with Crippen LogP contribution < -0.4 is 0 Å². The van der Waals surface area contributed by atoms with E-state index in [9.17, 15) is 4.79 Å². The van der Waals surface area contributed by atoms with E-state index in [1.54, 1.807) is 17.0 Å². The molecule has 1 aliphatic heterocycles. The van der Waals surface area contributed by atoms with Crippen LogP contribution in [0.3, 0.4) is 0 Å². The molecule has 0 N–H and O–H groups in total. The predicted molar refractivity (Wildman–Crippen MR) is 82.7 cm³/mol. The Balaban J connectivity index is 1.82. The van der Waals surface area contributed by atoms with E-state index in [1.807, 2.05) is 20.8 Å². The summed E-state index contributed by atoms with van der Waals surface area (Å²) in [6.07, 6.45) is 1.52. The summed E-state index contributed by atoms with van der Waals surface area (Å²) in [6, 6.07) is 3.46. The molecule has 1 fully saturated rings. The van der Waals surface area contributed by atoms with Gasteiger partial charge in [0.25, 0.3) is 0 Å². The van der Waals surface area contributed by atoms with E-state index in [0.717, 1.165) is 18.5 Å². The van der Waals surface area contributed by atoms with Crippen molar-refractivity contribution in [1.29, 1.82) is 0 Å². The van der Waals surface area contributed by atoms with Crippen molar-refractivity contribution in [3.05, 3.63) is 23.0 Å². The molecule has 0 radical (unpaired) electrons. The lowest BCUT2D eigenvalue weighted by Crippen LogP contribution is -2.45. The number of halogens is 1. The summed E-state index contributed by atoms with van der Waals surface area (Å²) in [5, 5.41) is 8.09. The molecule has 6 nitrogen and oxygen atoms in total. The normalized spacial score (nSPS) is 19.1. The van der Waals surface area contributed by atoms with E-state index in [-0.39, 0.29) is 12.2 Å². The van der Waals surface area contributed by atoms with Crippen LogP contribution in [0.5, 0.6) is 0 Å². The zero-order chi connectivity index (χ0) is 16.2. The van der Waals surface area contributed by atoms with Crippen molar-refractivity contribution in [2.75, 3.05) is 13.1 Å². The first kappa shape index (κ1) is 17.0. The number of hydrogen-bond acceptors (Lipinski definition) is 5. The van der Waals surface area contributed by atoms with Gasteiger partial charge in [-0.3, -0.25) is 0 Å². The summed E-state index contributed by atoms with van der Waals surface area (Å²) >= 11 is 5.69. The number of carbonyl (C=O) groups is 1. The summed E-state index contributed by atoms with van der Waals surface area (Å²) in [5.74, 6) is 0. The van der Waals surface area contributed by atoms with Gasteiger partial charge in [-0.2, -0.15) is 5.10 Å². The molecular weight excluding hydrogens is 306 g/mol. The Hall–Kier alpha value is -1.40. The Morgan fingerprint density at radius 3 is 2.82 bits per heavy atom. The van der Waals surface area contributed by atoms with Gasteiger partial charge < -0.3 is 14.4 Å². The van der Waals surface area contributed by atoms with Crippen molar-refractivity contribution in [2.24, 2.45) is 0 Å². The number of ether oxygens (including phenoxy) is 2. The third-order valence-corrected chi connectivity index (χ3v) is 3.39. The van der Waals surface area contributed by atoms with E-state index in [1.165, 1.54) is 0 Å². The highest BCUT2D eigenvalue weighted by molar-refractivity contribution is 6.29. The van der Waals surface area contributed by atoms with Gasteiger partial charge in [0.2, 0.25) is 0 Å². The molecule has 1 saturated heterocycles. The molecule has 7 heteroatoms. The van der Waals surface area contributed by atoms with E-state index >= 15 is 0 Å². The molecule has 1 aliphatic rings. The number of nitrogens with zero attached hydrogens (tertiary/aromatic N) is 3. The summed E-state index contributed by atoms with van der Waals surface area (Å²) in [6.45, 7) is 7.19. The van der Waals surface area contributed by atoms with Crippen molar-refractivity contribution >= 4 is 17.7 Å². The van der Waals surface area contributed by atoms with Crippen molar-refractivity contribution in [3.63, 3.8) is 0 Å². The van der Waals surface area contributed by atoms with Gasteiger partial charge in [-0.15, -0.1) is 5.10 Å². The molecule has 0 aromatic carbocycles. The SMILES string of the molecule is CC(C)(C)OC(=O)N1CCC[C@H](OCc2ccc(Cl)nn2)C1. The molecule has 0 unspecified atom stereocenters. The summed E-state index contributed by atoms with van der Waals surface area (Å²) in [5.41, 5.74) is 0.239. The second kappa shape index (κ2) is 7.24. The van der Waals surface area contributed by atoms with E-state index in [4.69, 9.17) is 21.1 Å². The van der Waals surface area contributed by atoms with Gasteiger partial charge in [0.05, 0.1) is 24.9 Å². The minimum absolute atomic E-state index is 0.0150. The molecule has 0 spiro atoms. The third-order valence-electron chi connectivity index (χ3n) is 3.18. The van der Waals surface area contributed by atoms with Crippen molar-refractivity contribution in [2.45, 2.75) is 51.9 Å². The Kier molecular flexibility index (Phi) is 5.58. The highest BCUT2D eigenvalue weighted by Crippen LogP contribution is 2.18. The Morgan fingerprint density at radius 2 is 2.18 bits per heavy atom. The van der Waals surface area contributed by atoms with Crippen LogP contribution in [0, 0.1) is 0 Å². The fourth-order valence-corrected chi connectivity index (χ4v) is 2.29. The van der Waals surface area contributed by atoms with Crippen molar-refractivity contribution < 1.29 is 14.3 Å². The first-order valence-electron chi connectivity index (χ1n) is 7.41. The highest BCUT2D eigenvalue weighted by Gasteiger charge is 2.28. The van der Waals surface area contributed by atoms with E-state index in [0.29, 0.717) is 24.8 Å². The molecule has 2 heterocycles. The Labute approximate surface area is 135 Å². The lowest BCUT2D eigenvalue weighted by molar-refractivity contribution is -0.0267. The van der Waals surface area contributed by atoms with E-state index in [2.05, 4.69) is 10.2 Å². The van der Waals surface area contributed by atoms with Gasteiger partial charge >= 0.3 is 6.09 Å². The topological polar surface area (TPSA) is 64.5 Å². The lowest BCUT2D eigenvalue weighted by atomic mass is 10.1. The molecule has 122 valence electrons. The minimum Gasteiger partial charge on any atom is -0.444 e. The van der Waals surface area contributed by atoms with Gasteiger partial charge in [0.15, 0.2) is 5.15 Å². The molecule has 2 rings (SSSR count). The zero-order valence-electron chi connectivity index (χ0n) is 13.2. The number of carbonyl (C=O) groups excluding carboxylic acids is 1. The molecule has 1 atom stereocenters. The van der Waals surface area contributed by atoms with Crippen LogP contribution in [0.4, 0.5) is 4.79 Å². The largest absolute Gasteiger partial charge is 0.444 e. The second-order valence-corrected chi connectivity index (χ2v) is 6.74. The first-order chi connectivity index (χ1) is 10.3. The highest BCUT2D eigenvalue weighted by atomic mass is 35.5. The minimum atomic E-state index is -0.482. The average molecular weight is 328 g/mol. The molecule has 0 saturated carbocycles. The number of rotatable bonds is 3. The molecule has 1 aromatic heterocycles. The average Bonchev–Trinajstić information content (AvgIpc) is 2.45. The van der Waals surface area contributed by atoms with Gasteiger partial charge in [0.1, 0.15) is 5.60 Å². The van der Waals surface area contributed by atoms with E-state index < -0.39 is 5.60 Å². The summed E-state index contributed by atoms with van der Waals surface area (Å²) in [4.78, 5) is 13.8. The molecule has 0 bridgehead atoms. The molecule has 22 heavy (non-hydrogen) atoms. The van der Waals surface area contributed by atoms with Crippen molar-refractivity contribution in [1.82, 2.24) is 15.1 Å². The molecule has 0 aliphatic carbocycles. The fraction of sp³-hybridized carbons (Fsp3) is 0.667. The number of amides is 1. The van der Waals surface area contributed by atoms with Gasteiger partial charge in [-0.25, -0.2) is 4.79 Å². The van der Waals surface area contributed by atoms with Gasteiger partial charge in [-0.1, -0.05) is 11.6 Å².